The standard InChI is InChI=1S/C21H15Cl3N2O5/c1-10-5-13(11(2)26(10)12-3-4-16-17(6-12)31-9-30-16)15(27)8-29-21(28)20-19(24)18(23)14(22)7-25-20/h3-7H,8-9H2,1-2H3. The number of aryl methyl sites for hydroxylation is 1. The van der Waals surface area contributed by atoms with E-state index in [1.165, 1.54) is 6.20 Å². The van der Waals surface area contributed by atoms with Crippen molar-refractivity contribution in [3.8, 4) is 17.2 Å². The van der Waals surface area contributed by atoms with Gasteiger partial charge in [-0.3, -0.25) is 4.79 Å². The number of rotatable bonds is 5. The molecule has 0 saturated carbocycles. The van der Waals surface area contributed by atoms with Gasteiger partial charge in [-0.25, -0.2) is 9.78 Å². The SMILES string of the molecule is Cc1cc(C(=O)COC(=O)c2ncc(Cl)c(Cl)c2Cl)c(C)n1-c1ccc2c(c1)OCO2. The van der Waals surface area contributed by atoms with Crippen molar-refractivity contribution in [2.75, 3.05) is 13.4 Å². The van der Waals surface area contributed by atoms with Crippen molar-refractivity contribution in [2.24, 2.45) is 0 Å². The lowest BCUT2D eigenvalue weighted by atomic mass is 10.1. The van der Waals surface area contributed by atoms with E-state index < -0.39 is 12.6 Å². The number of Topliss-reactive ketones (excluding diaryl/α,β-unsaturated/α-hetero) is 1. The summed E-state index contributed by atoms with van der Waals surface area (Å²) in [5.41, 5.74) is 2.57. The Morgan fingerprint density at radius 1 is 1.10 bits per heavy atom. The fraction of sp³-hybridized carbons (Fsp3) is 0.190. The third kappa shape index (κ3) is 3.96. The van der Waals surface area contributed by atoms with E-state index in [0.717, 1.165) is 11.4 Å². The molecule has 3 heterocycles. The highest BCUT2D eigenvalue weighted by molar-refractivity contribution is 6.48. The number of esters is 1. The smallest absolute Gasteiger partial charge is 0.358 e. The molecule has 0 amide bonds. The molecule has 31 heavy (non-hydrogen) atoms. The number of hydrogen-bond acceptors (Lipinski definition) is 6. The maximum absolute atomic E-state index is 12.8. The number of benzene rings is 1. The van der Waals surface area contributed by atoms with Crippen LogP contribution in [0.25, 0.3) is 5.69 Å². The van der Waals surface area contributed by atoms with Crippen molar-refractivity contribution < 1.29 is 23.8 Å². The molecule has 2 aromatic heterocycles. The summed E-state index contributed by atoms with van der Waals surface area (Å²) in [5.74, 6) is 0.0629. The van der Waals surface area contributed by atoms with Gasteiger partial charge in [-0.05, 0) is 32.0 Å². The largest absolute Gasteiger partial charge is 0.454 e. The predicted octanol–water partition coefficient (Wildman–Crippen LogP) is 5.22. The molecule has 0 N–H and O–H groups in total. The Kier molecular flexibility index (Phi) is 5.83. The number of carbonyl (C=O) groups excluding carboxylic acids is 2. The lowest BCUT2D eigenvalue weighted by molar-refractivity contribution is 0.0469. The van der Waals surface area contributed by atoms with Crippen molar-refractivity contribution in [1.29, 1.82) is 0 Å². The Morgan fingerprint density at radius 2 is 1.84 bits per heavy atom. The topological polar surface area (TPSA) is 79.7 Å². The molecular weight excluding hydrogens is 467 g/mol. The van der Waals surface area contributed by atoms with Crippen LogP contribution >= 0.6 is 34.8 Å². The van der Waals surface area contributed by atoms with Crippen LogP contribution in [-0.4, -0.2) is 34.7 Å². The van der Waals surface area contributed by atoms with Crippen LogP contribution < -0.4 is 9.47 Å². The average Bonchev–Trinajstić information content (AvgIpc) is 3.33. The van der Waals surface area contributed by atoms with Gasteiger partial charge in [0.25, 0.3) is 0 Å². The summed E-state index contributed by atoms with van der Waals surface area (Å²) in [7, 11) is 0. The molecule has 0 radical (unpaired) electrons. The summed E-state index contributed by atoms with van der Waals surface area (Å²) in [6, 6.07) is 7.27. The second-order valence-electron chi connectivity index (χ2n) is 6.74. The number of nitrogens with zero attached hydrogens (tertiary/aromatic N) is 2. The Bertz CT molecular complexity index is 1220. The molecule has 0 spiro atoms. The summed E-state index contributed by atoms with van der Waals surface area (Å²) in [6.45, 7) is 3.38. The van der Waals surface area contributed by atoms with Gasteiger partial charge in [0.15, 0.2) is 23.8 Å². The Labute approximate surface area is 192 Å². The predicted molar refractivity (Wildman–Crippen MR) is 115 cm³/mol. The molecule has 0 unspecified atom stereocenters. The molecule has 0 atom stereocenters. The number of halogens is 3. The number of pyridine rings is 1. The van der Waals surface area contributed by atoms with Gasteiger partial charge >= 0.3 is 5.97 Å². The van der Waals surface area contributed by atoms with Crippen LogP contribution in [0.1, 0.15) is 32.2 Å². The van der Waals surface area contributed by atoms with Crippen LogP contribution in [0.2, 0.25) is 15.1 Å². The van der Waals surface area contributed by atoms with Crippen LogP contribution in [0.4, 0.5) is 0 Å². The third-order valence-electron chi connectivity index (χ3n) is 4.79. The van der Waals surface area contributed by atoms with E-state index in [1.54, 1.807) is 6.07 Å². The number of carbonyl (C=O) groups is 2. The quantitative estimate of drug-likeness (QED) is 0.367. The van der Waals surface area contributed by atoms with Crippen molar-refractivity contribution in [2.45, 2.75) is 13.8 Å². The molecule has 160 valence electrons. The van der Waals surface area contributed by atoms with Crippen molar-refractivity contribution >= 4 is 46.6 Å². The van der Waals surface area contributed by atoms with E-state index in [0.29, 0.717) is 22.8 Å². The highest BCUT2D eigenvalue weighted by Gasteiger charge is 2.23. The second-order valence-corrected chi connectivity index (χ2v) is 7.90. The molecule has 1 aliphatic rings. The number of aromatic nitrogens is 2. The van der Waals surface area contributed by atoms with Crippen molar-refractivity contribution in [1.82, 2.24) is 9.55 Å². The highest BCUT2D eigenvalue weighted by atomic mass is 35.5. The van der Waals surface area contributed by atoms with Crippen molar-refractivity contribution in [3.05, 3.63) is 68.2 Å². The lowest BCUT2D eigenvalue weighted by Gasteiger charge is -2.11. The van der Waals surface area contributed by atoms with Crippen LogP contribution in [0.15, 0.2) is 30.5 Å². The maximum atomic E-state index is 12.8. The molecular formula is C21H15Cl3N2O5. The first-order valence-electron chi connectivity index (χ1n) is 9.06. The van der Waals surface area contributed by atoms with E-state index in [1.807, 2.05) is 36.6 Å². The summed E-state index contributed by atoms with van der Waals surface area (Å²) in [6.07, 6.45) is 1.19. The second kappa shape index (κ2) is 8.42. The zero-order valence-corrected chi connectivity index (χ0v) is 18.6. The minimum absolute atomic E-state index is 0.0103. The zero-order chi connectivity index (χ0) is 22.3. The first-order valence-corrected chi connectivity index (χ1v) is 10.2. The van der Waals surface area contributed by atoms with Crippen LogP contribution in [-0.2, 0) is 4.74 Å². The number of ketones is 1. The molecule has 0 fully saturated rings. The fourth-order valence-electron chi connectivity index (χ4n) is 3.33. The zero-order valence-electron chi connectivity index (χ0n) is 16.4. The summed E-state index contributed by atoms with van der Waals surface area (Å²) in [4.78, 5) is 28.9. The van der Waals surface area contributed by atoms with Gasteiger partial charge in [-0.2, -0.15) is 0 Å². The van der Waals surface area contributed by atoms with E-state index in [2.05, 4.69) is 4.98 Å². The number of ether oxygens (including phenoxy) is 3. The highest BCUT2D eigenvalue weighted by Crippen LogP contribution is 2.35. The molecule has 0 aliphatic carbocycles. The minimum Gasteiger partial charge on any atom is -0.454 e. The normalized spacial score (nSPS) is 12.2. The summed E-state index contributed by atoms with van der Waals surface area (Å²) >= 11 is 17.7. The third-order valence-corrected chi connectivity index (χ3v) is 6.03. The van der Waals surface area contributed by atoms with Crippen LogP contribution in [0, 0.1) is 13.8 Å². The Hall–Kier alpha value is -2.74. The van der Waals surface area contributed by atoms with Crippen molar-refractivity contribution in [3.63, 3.8) is 0 Å². The van der Waals surface area contributed by atoms with Gasteiger partial charge < -0.3 is 18.8 Å². The average molecular weight is 482 g/mol. The van der Waals surface area contributed by atoms with Crippen LogP contribution in [0.5, 0.6) is 11.5 Å². The van der Waals surface area contributed by atoms with E-state index in [4.69, 9.17) is 49.0 Å². The van der Waals surface area contributed by atoms with Crippen LogP contribution in [0.3, 0.4) is 0 Å². The Morgan fingerprint density at radius 3 is 2.61 bits per heavy atom. The van der Waals surface area contributed by atoms with Gasteiger partial charge in [0.2, 0.25) is 12.6 Å². The fourth-order valence-corrected chi connectivity index (χ4v) is 3.89. The van der Waals surface area contributed by atoms with Gasteiger partial charge in [-0.15, -0.1) is 0 Å². The van der Waals surface area contributed by atoms with Gasteiger partial charge in [-0.1, -0.05) is 34.8 Å². The molecule has 0 bridgehead atoms. The molecule has 0 saturated heterocycles. The first-order chi connectivity index (χ1) is 14.8. The monoisotopic (exact) mass is 480 g/mol. The molecule has 1 aliphatic heterocycles. The Balaban J connectivity index is 1.53. The number of fused-ring (bicyclic) bond motifs is 1. The summed E-state index contributed by atoms with van der Waals surface area (Å²) in [5, 5.41) is -0.0354. The molecule has 7 nitrogen and oxygen atoms in total. The van der Waals surface area contributed by atoms with E-state index in [-0.39, 0.29) is 33.3 Å². The molecule has 1 aromatic carbocycles. The van der Waals surface area contributed by atoms with Gasteiger partial charge in [0, 0.05) is 34.9 Å². The number of hydrogen-bond donors (Lipinski definition) is 0. The molecule has 4 rings (SSSR count). The van der Waals surface area contributed by atoms with Gasteiger partial charge in [0.05, 0.1) is 15.1 Å². The first kappa shape index (κ1) is 21.5. The molecule has 10 heteroatoms. The van der Waals surface area contributed by atoms with E-state index >= 15 is 0 Å². The lowest BCUT2D eigenvalue weighted by Crippen LogP contribution is -2.16. The van der Waals surface area contributed by atoms with E-state index in [9.17, 15) is 9.59 Å². The summed E-state index contributed by atoms with van der Waals surface area (Å²) < 4.78 is 17.8. The minimum atomic E-state index is -0.874. The maximum Gasteiger partial charge on any atom is 0.358 e. The van der Waals surface area contributed by atoms with Gasteiger partial charge in [0.1, 0.15) is 0 Å². The molecule has 3 aromatic rings.